The minimum Gasteiger partial charge on any atom is -0.481 e. The number of carbonyl (C=O) groups is 7. The number of benzene rings is 1. The number of carboxylic acid groups (broad SMARTS) is 2. The van der Waals surface area contributed by atoms with Crippen LogP contribution in [0.4, 0.5) is 0 Å². The molecule has 51 heavy (non-hydrogen) atoms. The third-order valence-corrected chi connectivity index (χ3v) is 7.94. The van der Waals surface area contributed by atoms with Gasteiger partial charge in [0, 0.05) is 30.1 Å². The molecule has 3 rings (SSSR count). The predicted octanol–water partition coefficient (Wildman–Crippen LogP) is -3.88. The number of aliphatic carboxylic acids is 2. The number of para-hydroxylation sites is 1. The molecule has 278 valence electrons. The Balaban J connectivity index is 1.63. The molecule has 0 aliphatic carbocycles. The standard InChI is InChI=1S/C31H44N10O10/c32-31(33)35-10-4-8-20(39-29(49)23(15-42)41-27(47)19-7-3-9-34-19)26(46)37-14-24(43)38-21(12-25(44)45)28(48)40-22(30(50)51)11-16-13-36-18-6-2-1-5-17(16)18/h1-2,5-6,13,19-23,34,36,42H,3-4,7-12,14-15H2,(H,37,46)(H,38,43)(H,39,49)(H,40,48)(H,41,47)(H,44,45)(H,50,51)(H4,32,33,35)/t19-,20-,21-,22-,23-/m0/s1. The summed E-state index contributed by atoms with van der Waals surface area (Å²) in [5, 5.41) is 44.3. The van der Waals surface area contributed by atoms with Gasteiger partial charge in [0.2, 0.25) is 29.5 Å². The fourth-order valence-corrected chi connectivity index (χ4v) is 5.33. The molecule has 1 fully saturated rings. The van der Waals surface area contributed by atoms with E-state index in [0.717, 1.165) is 17.3 Å². The minimum atomic E-state index is -1.71. The van der Waals surface area contributed by atoms with Crippen LogP contribution in [-0.4, -0.2) is 124 Å². The maximum Gasteiger partial charge on any atom is 0.326 e. The van der Waals surface area contributed by atoms with Gasteiger partial charge >= 0.3 is 11.9 Å². The summed E-state index contributed by atoms with van der Waals surface area (Å²) in [6.45, 7) is -0.837. The molecule has 0 spiro atoms. The molecule has 1 aliphatic rings. The average molecular weight is 717 g/mol. The lowest BCUT2D eigenvalue weighted by Crippen LogP contribution is -2.57. The van der Waals surface area contributed by atoms with Crippen LogP contribution >= 0.6 is 0 Å². The third-order valence-electron chi connectivity index (χ3n) is 7.94. The van der Waals surface area contributed by atoms with Crippen molar-refractivity contribution in [1.82, 2.24) is 36.9 Å². The van der Waals surface area contributed by atoms with Crippen LogP contribution in [0.2, 0.25) is 0 Å². The smallest absolute Gasteiger partial charge is 0.326 e. The fourth-order valence-electron chi connectivity index (χ4n) is 5.33. The first kappa shape index (κ1) is 39.7. The second kappa shape index (κ2) is 19.4. The van der Waals surface area contributed by atoms with Gasteiger partial charge in [0.05, 0.1) is 25.6 Å². The van der Waals surface area contributed by atoms with Crippen LogP contribution in [0.1, 0.15) is 37.7 Å². The van der Waals surface area contributed by atoms with Crippen molar-refractivity contribution in [3.05, 3.63) is 36.0 Å². The maximum absolute atomic E-state index is 13.1. The van der Waals surface area contributed by atoms with Gasteiger partial charge in [-0.1, -0.05) is 18.2 Å². The Kier molecular flexibility index (Phi) is 15.1. The van der Waals surface area contributed by atoms with E-state index in [9.17, 15) is 48.9 Å². The van der Waals surface area contributed by atoms with Crippen molar-refractivity contribution in [3.8, 4) is 0 Å². The molecule has 14 N–H and O–H groups in total. The number of hydrogen-bond donors (Lipinski definition) is 12. The molecular formula is C31H44N10O10. The molecule has 1 aromatic heterocycles. The van der Waals surface area contributed by atoms with Gasteiger partial charge < -0.3 is 63.7 Å². The zero-order valence-corrected chi connectivity index (χ0v) is 27.6. The van der Waals surface area contributed by atoms with Crippen molar-refractivity contribution in [2.75, 3.05) is 26.2 Å². The number of aromatic nitrogens is 1. The maximum atomic E-state index is 13.1. The Bertz CT molecular complexity index is 1600. The number of aliphatic hydroxyl groups excluding tert-OH is 1. The average Bonchev–Trinajstić information content (AvgIpc) is 3.77. The number of aliphatic hydroxyl groups is 1. The molecule has 5 amide bonds. The Labute approximate surface area is 291 Å². The number of rotatable bonds is 20. The molecule has 20 heteroatoms. The Morgan fingerprint density at radius 3 is 2.25 bits per heavy atom. The summed E-state index contributed by atoms with van der Waals surface area (Å²) in [7, 11) is 0. The zero-order valence-electron chi connectivity index (χ0n) is 27.6. The van der Waals surface area contributed by atoms with Gasteiger partial charge in [-0.3, -0.25) is 33.8 Å². The van der Waals surface area contributed by atoms with E-state index in [4.69, 9.17) is 11.5 Å². The lowest BCUT2D eigenvalue weighted by atomic mass is 10.0. The second-order valence-electron chi connectivity index (χ2n) is 11.8. The summed E-state index contributed by atoms with van der Waals surface area (Å²) in [6, 6.07) is 0.683. The normalized spacial score (nSPS) is 16.1. The number of guanidine groups is 1. The molecular weight excluding hydrogens is 672 g/mol. The number of aromatic amines is 1. The van der Waals surface area contributed by atoms with Crippen LogP contribution < -0.4 is 43.4 Å². The van der Waals surface area contributed by atoms with Crippen LogP contribution in [0.25, 0.3) is 10.9 Å². The van der Waals surface area contributed by atoms with E-state index in [1.54, 1.807) is 30.5 Å². The summed E-state index contributed by atoms with van der Waals surface area (Å²) in [6.07, 6.45) is 2.00. The van der Waals surface area contributed by atoms with Crippen LogP contribution in [0.5, 0.6) is 0 Å². The first-order valence-corrected chi connectivity index (χ1v) is 16.2. The predicted molar refractivity (Wildman–Crippen MR) is 181 cm³/mol. The zero-order chi connectivity index (χ0) is 37.5. The van der Waals surface area contributed by atoms with Crippen LogP contribution in [0.3, 0.4) is 0 Å². The Hall–Kier alpha value is -5.76. The number of aliphatic imine (C=N–C) groups is 1. The highest BCUT2D eigenvalue weighted by Crippen LogP contribution is 2.19. The molecule has 0 bridgehead atoms. The molecule has 1 saturated heterocycles. The van der Waals surface area contributed by atoms with E-state index in [1.807, 2.05) is 0 Å². The summed E-state index contributed by atoms with van der Waals surface area (Å²) in [5.41, 5.74) is 12.0. The van der Waals surface area contributed by atoms with Crippen molar-refractivity contribution in [2.24, 2.45) is 16.5 Å². The summed E-state index contributed by atoms with van der Waals surface area (Å²) < 4.78 is 0. The number of amides is 5. The highest BCUT2D eigenvalue weighted by molar-refractivity contribution is 5.96. The molecule has 0 saturated carbocycles. The number of nitrogens with two attached hydrogens (primary N) is 2. The van der Waals surface area contributed by atoms with E-state index < -0.39 is 91.3 Å². The van der Waals surface area contributed by atoms with Crippen molar-refractivity contribution in [1.29, 1.82) is 0 Å². The summed E-state index contributed by atoms with van der Waals surface area (Å²) in [4.78, 5) is 94.8. The van der Waals surface area contributed by atoms with Crippen molar-refractivity contribution < 1.29 is 48.9 Å². The minimum absolute atomic E-state index is 0.0384. The summed E-state index contributed by atoms with van der Waals surface area (Å²) >= 11 is 0. The quantitative estimate of drug-likeness (QED) is 0.0355. The topological polar surface area (TPSA) is 333 Å². The van der Waals surface area contributed by atoms with E-state index >= 15 is 0 Å². The number of H-pyrrole nitrogens is 1. The number of nitrogens with one attached hydrogen (secondary N) is 7. The molecule has 1 aliphatic heterocycles. The van der Waals surface area contributed by atoms with Gasteiger partial charge in [0.1, 0.15) is 24.2 Å². The number of fused-ring (bicyclic) bond motifs is 1. The lowest BCUT2D eigenvalue weighted by molar-refractivity contribution is -0.143. The molecule has 0 radical (unpaired) electrons. The van der Waals surface area contributed by atoms with Gasteiger partial charge in [0.15, 0.2) is 5.96 Å². The number of nitrogens with zero attached hydrogens (tertiary/aromatic N) is 1. The fraction of sp³-hybridized carbons (Fsp3) is 0.484. The molecule has 1 aromatic carbocycles. The van der Waals surface area contributed by atoms with Gasteiger partial charge in [-0.25, -0.2) is 4.79 Å². The molecule has 2 aromatic rings. The van der Waals surface area contributed by atoms with Crippen molar-refractivity contribution in [3.63, 3.8) is 0 Å². The lowest BCUT2D eigenvalue weighted by Gasteiger charge is -2.23. The Morgan fingerprint density at radius 2 is 1.61 bits per heavy atom. The van der Waals surface area contributed by atoms with Gasteiger partial charge in [0.25, 0.3) is 0 Å². The largest absolute Gasteiger partial charge is 0.481 e. The third kappa shape index (κ3) is 12.6. The number of carbonyl (C=O) groups excluding carboxylic acids is 5. The highest BCUT2D eigenvalue weighted by atomic mass is 16.4. The van der Waals surface area contributed by atoms with Gasteiger partial charge in [-0.05, 0) is 43.9 Å². The van der Waals surface area contributed by atoms with Crippen molar-refractivity contribution >= 4 is 58.3 Å². The van der Waals surface area contributed by atoms with E-state index in [2.05, 4.69) is 41.9 Å². The number of hydrogen-bond acceptors (Lipinski definition) is 10. The van der Waals surface area contributed by atoms with Crippen LogP contribution in [0, 0.1) is 0 Å². The van der Waals surface area contributed by atoms with Gasteiger partial charge in [-0.15, -0.1) is 0 Å². The van der Waals surface area contributed by atoms with Crippen LogP contribution in [0.15, 0.2) is 35.5 Å². The van der Waals surface area contributed by atoms with Crippen molar-refractivity contribution in [2.45, 2.75) is 68.7 Å². The Morgan fingerprint density at radius 1 is 0.902 bits per heavy atom. The van der Waals surface area contributed by atoms with Crippen LogP contribution in [-0.2, 0) is 40.0 Å². The first-order valence-electron chi connectivity index (χ1n) is 16.2. The molecule has 0 unspecified atom stereocenters. The van der Waals surface area contributed by atoms with E-state index in [0.29, 0.717) is 18.5 Å². The molecule has 20 nitrogen and oxygen atoms in total. The molecule has 5 atom stereocenters. The summed E-state index contributed by atoms with van der Waals surface area (Å²) in [5.74, 6) is -7.40. The molecule has 2 heterocycles. The number of carboxylic acids is 2. The highest BCUT2D eigenvalue weighted by Gasteiger charge is 2.31. The van der Waals surface area contributed by atoms with E-state index in [-0.39, 0.29) is 31.8 Å². The van der Waals surface area contributed by atoms with E-state index in [1.165, 1.54) is 0 Å². The first-order chi connectivity index (χ1) is 24.3. The monoisotopic (exact) mass is 716 g/mol. The second-order valence-corrected chi connectivity index (χ2v) is 11.8. The SMILES string of the molecule is NC(N)=NCCC[C@H](NC(=O)[C@H](CO)NC(=O)[C@@H]1CCCN1)C(=O)NCC(=O)N[C@@H](CC(=O)O)C(=O)N[C@@H](Cc1c[nH]c2ccccc12)C(=O)O. The van der Waals surface area contributed by atoms with Gasteiger partial charge in [-0.2, -0.15) is 0 Å².